The Hall–Kier alpha value is -0.630. The first-order valence-corrected chi connectivity index (χ1v) is 4.23. The van der Waals surface area contributed by atoms with Crippen LogP contribution in [0.15, 0.2) is 18.7 Å². The topological polar surface area (TPSA) is 47.4 Å². The minimum atomic E-state index is -0.0270. The number of amides is 1. The summed E-state index contributed by atoms with van der Waals surface area (Å²) in [7, 11) is 0. The predicted molar refractivity (Wildman–Crippen MR) is 60.8 cm³/mol. The van der Waals surface area contributed by atoms with Gasteiger partial charge in [0.1, 0.15) is 6.33 Å². The maximum absolute atomic E-state index is 11.7. The summed E-state index contributed by atoms with van der Waals surface area (Å²) in [6, 6.07) is -0.0270. The largest absolute Gasteiger partial charge is 0.378 e. The Morgan fingerprint density at radius 1 is 1.36 bits per heavy atom. The number of carbonyl (C=O) groups is 1. The van der Waals surface area contributed by atoms with E-state index in [2.05, 4.69) is 4.98 Å². The number of imidazole rings is 1. The first kappa shape index (κ1) is 11.4. The summed E-state index contributed by atoms with van der Waals surface area (Å²) in [5, 5.41) is 0. The van der Waals surface area contributed by atoms with Crippen molar-refractivity contribution in [1.29, 1.82) is 0 Å². The van der Waals surface area contributed by atoms with Crippen LogP contribution in [0.1, 0.15) is 0 Å². The van der Waals surface area contributed by atoms with E-state index in [9.17, 15) is 4.79 Å². The number of carbonyl (C=O) groups excluding carboxylic acids is 1. The lowest BCUT2D eigenvalue weighted by Gasteiger charge is -2.26. The molecular weight excluding hydrogens is 297 g/mol. The van der Waals surface area contributed by atoms with Crippen molar-refractivity contribution in [3.05, 3.63) is 18.7 Å². The monoisotopic (exact) mass is 309 g/mol. The molecule has 1 amide bonds. The summed E-state index contributed by atoms with van der Waals surface area (Å²) in [5.41, 5.74) is 0. The van der Waals surface area contributed by atoms with Crippen molar-refractivity contribution in [1.82, 2.24) is 14.5 Å². The molecule has 1 saturated heterocycles. The van der Waals surface area contributed by atoms with E-state index < -0.39 is 0 Å². The second-order valence-electron chi connectivity index (χ2n) is 2.85. The molecule has 1 aromatic heterocycles. The van der Waals surface area contributed by atoms with E-state index in [0.29, 0.717) is 26.3 Å². The molecule has 5 nitrogen and oxygen atoms in total. The van der Waals surface area contributed by atoms with Gasteiger partial charge in [-0.05, 0) is 0 Å². The van der Waals surface area contributed by atoms with Gasteiger partial charge >= 0.3 is 6.03 Å². The van der Waals surface area contributed by atoms with Crippen LogP contribution in [0.3, 0.4) is 0 Å². The lowest BCUT2D eigenvalue weighted by atomic mass is 10.4. The van der Waals surface area contributed by atoms with Gasteiger partial charge in [-0.25, -0.2) is 9.78 Å². The van der Waals surface area contributed by atoms with Gasteiger partial charge in [0.2, 0.25) is 0 Å². The van der Waals surface area contributed by atoms with Crippen molar-refractivity contribution < 1.29 is 9.53 Å². The number of hydrogen-bond acceptors (Lipinski definition) is 3. The van der Waals surface area contributed by atoms with E-state index >= 15 is 0 Å². The summed E-state index contributed by atoms with van der Waals surface area (Å²) >= 11 is 0. The first-order valence-electron chi connectivity index (χ1n) is 4.23. The van der Waals surface area contributed by atoms with Crippen molar-refractivity contribution >= 4 is 30.0 Å². The number of nitrogens with zero attached hydrogens (tertiary/aromatic N) is 3. The number of aromatic nitrogens is 2. The zero-order chi connectivity index (χ0) is 9.10. The molecule has 0 unspecified atom stereocenters. The fourth-order valence-corrected chi connectivity index (χ4v) is 1.29. The summed E-state index contributed by atoms with van der Waals surface area (Å²) < 4.78 is 6.63. The second kappa shape index (κ2) is 5.30. The predicted octanol–water partition coefficient (Wildman–Crippen LogP) is 0.801. The van der Waals surface area contributed by atoms with Gasteiger partial charge < -0.3 is 9.64 Å². The molecule has 14 heavy (non-hydrogen) atoms. The second-order valence-corrected chi connectivity index (χ2v) is 2.85. The summed E-state index contributed by atoms with van der Waals surface area (Å²) in [4.78, 5) is 17.2. The van der Waals surface area contributed by atoms with Crippen LogP contribution in [-0.4, -0.2) is 46.8 Å². The lowest BCUT2D eigenvalue weighted by molar-refractivity contribution is 0.0535. The number of rotatable bonds is 0. The maximum Gasteiger partial charge on any atom is 0.329 e. The van der Waals surface area contributed by atoms with Crippen LogP contribution in [0.2, 0.25) is 0 Å². The van der Waals surface area contributed by atoms with Gasteiger partial charge in [-0.15, -0.1) is 24.0 Å². The van der Waals surface area contributed by atoms with Gasteiger partial charge in [-0.2, -0.15) is 0 Å². The lowest BCUT2D eigenvalue weighted by Crippen LogP contribution is -2.42. The molecule has 2 heterocycles. The van der Waals surface area contributed by atoms with E-state index in [1.54, 1.807) is 17.3 Å². The van der Waals surface area contributed by atoms with Gasteiger partial charge in [0, 0.05) is 25.5 Å². The molecule has 0 radical (unpaired) electrons. The van der Waals surface area contributed by atoms with E-state index in [4.69, 9.17) is 4.74 Å². The quantitative estimate of drug-likeness (QED) is 0.666. The van der Waals surface area contributed by atoms with Crippen molar-refractivity contribution in [2.45, 2.75) is 0 Å². The van der Waals surface area contributed by atoms with Crippen LogP contribution < -0.4 is 0 Å². The Labute approximate surface area is 99.1 Å². The molecule has 0 atom stereocenters. The van der Waals surface area contributed by atoms with Gasteiger partial charge in [-0.1, -0.05) is 0 Å². The molecule has 1 aliphatic rings. The third-order valence-electron chi connectivity index (χ3n) is 2.01. The van der Waals surface area contributed by atoms with E-state index in [1.807, 2.05) is 0 Å². The third-order valence-corrected chi connectivity index (χ3v) is 2.01. The van der Waals surface area contributed by atoms with E-state index in [1.165, 1.54) is 10.9 Å². The Morgan fingerprint density at radius 3 is 2.64 bits per heavy atom. The smallest absolute Gasteiger partial charge is 0.329 e. The Morgan fingerprint density at radius 2 is 2.07 bits per heavy atom. The van der Waals surface area contributed by atoms with Crippen molar-refractivity contribution in [2.24, 2.45) is 0 Å². The number of ether oxygens (including phenoxy) is 1. The van der Waals surface area contributed by atoms with Crippen LogP contribution in [-0.2, 0) is 4.74 Å². The fourth-order valence-electron chi connectivity index (χ4n) is 1.29. The normalized spacial score (nSPS) is 16.1. The first-order chi connectivity index (χ1) is 6.38. The summed E-state index contributed by atoms with van der Waals surface area (Å²) in [6.45, 7) is 2.58. The molecule has 1 aromatic rings. The number of halogens is 1. The highest BCUT2D eigenvalue weighted by atomic mass is 127. The van der Waals surface area contributed by atoms with Gasteiger partial charge in [-0.3, -0.25) is 4.57 Å². The van der Waals surface area contributed by atoms with Crippen molar-refractivity contribution in [3.8, 4) is 0 Å². The number of hydrogen-bond donors (Lipinski definition) is 0. The fraction of sp³-hybridized carbons (Fsp3) is 0.500. The summed E-state index contributed by atoms with van der Waals surface area (Å²) in [5.74, 6) is 0. The third kappa shape index (κ3) is 2.44. The standard InChI is InChI=1S/C8H11N3O2.HI/c12-8(11-2-1-9-7-11)10-3-5-13-6-4-10;/h1-2,7H,3-6H2;1H. The minimum Gasteiger partial charge on any atom is -0.378 e. The molecule has 1 aliphatic heterocycles. The average Bonchev–Trinajstić information content (AvgIpc) is 2.71. The van der Waals surface area contributed by atoms with Gasteiger partial charge in [0.15, 0.2) is 0 Å². The summed E-state index contributed by atoms with van der Waals surface area (Å²) in [6.07, 6.45) is 4.76. The SMILES string of the molecule is I.O=C(N1CCOCC1)n1ccnc1. The minimum absolute atomic E-state index is 0. The Kier molecular flexibility index (Phi) is 4.33. The van der Waals surface area contributed by atoms with Crippen LogP contribution in [0.25, 0.3) is 0 Å². The highest BCUT2D eigenvalue weighted by Crippen LogP contribution is 2.00. The van der Waals surface area contributed by atoms with Crippen LogP contribution in [0, 0.1) is 0 Å². The highest BCUT2D eigenvalue weighted by molar-refractivity contribution is 14.0. The molecule has 0 spiro atoms. The van der Waals surface area contributed by atoms with Crippen molar-refractivity contribution in [3.63, 3.8) is 0 Å². The molecular formula is C8H12IN3O2. The number of morpholine rings is 1. The van der Waals surface area contributed by atoms with Crippen LogP contribution >= 0.6 is 24.0 Å². The maximum atomic E-state index is 11.7. The average molecular weight is 309 g/mol. The van der Waals surface area contributed by atoms with Crippen LogP contribution in [0.4, 0.5) is 4.79 Å². The molecule has 6 heteroatoms. The van der Waals surface area contributed by atoms with Gasteiger partial charge in [0.05, 0.1) is 13.2 Å². The molecule has 0 aromatic carbocycles. The van der Waals surface area contributed by atoms with E-state index in [0.717, 1.165) is 0 Å². The zero-order valence-electron chi connectivity index (χ0n) is 7.63. The molecule has 0 bridgehead atoms. The molecule has 1 fully saturated rings. The molecule has 78 valence electrons. The molecule has 0 saturated carbocycles. The highest BCUT2D eigenvalue weighted by Gasteiger charge is 2.17. The molecule has 0 N–H and O–H groups in total. The Bertz CT molecular complexity index is 283. The van der Waals surface area contributed by atoms with Gasteiger partial charge in [0.25, 0.3) is 0 Å². The molecule has 2 rings (SSSR count). The van der Waals surface area contributed by atoms with Crippen molar-refractivity contribution in [2.75, 3.05) is 26.3 Å². The Balaban J connectivity index is 0.000000980. The molecule has 0 aliphatic carbocycles. The zero-order valence-corrected chi connectivity index (χ0v) is 9.96. The van der Waals surface area contributed by atoms with E-state index in [-0.39, 0.29) is 30.0 Å². The van der Waals surface area contributed by atoms with Crippen LogP contribution in [0.5, 0.6) is 0 Å².